The molecule has 1 aromatic heterocycles. The number of allylic oxidation sites excluding steroid dienone is 1. The quantitative estimate of drug-likeness (QED) is 0.624. The molecule has 0 amide bonds. The second kappa shape index (κ2) is 4.25. The Kier molecular flexibility index (Phi) is 2.78. The molecule has 2 rings (SSSR count). The molecule has 0 bridgehead atoms. The van der Waals surface area contributed by atoms with Crippen LogP contribution in [0.1, 0.15) is 15.9 Å². The number of carbonyl (C=O) groups is 1. The van der Waals surface area contributed by atoms with Crippen molar-refractivity contribution in [2.24, 2.45) is 0 Å². The smallest absolute Gasteiger partial charge is 0.337 e. The Morgan fingerprint density at radius 3 is 2.94 bits per heavy atom. The Bertz CT molecular complexity index is 606. The lowest BCUT2D eigenvalue weighted by Gasteiger charge is -2.06. The summed E-state index contributed by atoms with van der Waals surface area (Å²) in [5.74, 6) is -1.03. The van der Waals surface area contributed by atoms with E-state index in [2.05, 4.69) is 11.6 Å². The number of aromatic carboxylic acids is 1. The Balaban J connectivity index is 2.68. The third-order valence-corrected chi connectivity index (χ3v) is 2.57. The number of carboxylic acid groups (broad SMARTS) is 1. The minimum absolute atomic E-state index is 0.107. The Morgan fingerprint density at radius 2 is 2.29 bits per heavy atom. The third-order valence-electron chi connectivity index (χ3n) is 2.57. The number of aromatic nitrogens is 1. The lowest BCUT2D eigenvalue weighted by molar-refractivity contribution is 0.0698. The molecule has 0 fully saturated rings. The van der Waals surface area contributed by atoms with Crippen LogP contribution in [-0.2, 0) is 6.42 Å². The average molecular weight is 228 g/mol. The first-order chi connectivity index (χ1) is 8.13. The lowest BCUT2D eigenvalue weighted by atomic mass is 10.1. The number of nitrogens with zero attached hydrogens (tertiary/aromatic N) is 1. The Hall–Kier alpha value is -2.36. The number of nitrogens with two attached hydrogens (primary N) is 1. The fraction of sp³-hybridized carbons (Fsp3) is 0.0769. The molecule has 2 aromatic rings. The lowest BCUT2D eigenvalue weighted by Crippen LogP contribution is -2.03. The SMILES string of the molecule is C=CCc1cnc2ccc(C(=O)O)c(N)c2c1. The van der Waals surface area contributed by atoms with E-state index in [4.69, 9.17) is 10.8 Å². The molecular weight excluding hydrogens is 216 g/mol. The first-order valence-electron chi connectivity index (χ1n) is 5.14. The average Bonchev–Trinajstić information content (AvgIpc) is 2.30. The number of benzene rings is 1. The highest BCUT2D eigenvalue weighted by atomic mass is 16.4. The molecule has 17 heavy (non-hydrogen) atoms. The van der Waals surface area contributed by atoms with E-state index in [9.17, 15) is 4.79 Å². The summed E-state index contributed by atoms with van der Waals surface area (Å²) in [6, 6.07) is 4.98. The van der Waals surface area contributed by atoms with Gasteiger partial charge in [-0.2, -0.15) is 0 Å². The van der Waals surface area contributed by atoms with Gasteiger partial charge < -0.3 is 10.8 Å². The minimum atomic E-state index is -1.03. The van der Waals surface area contributed by atoms with E-state index in [1.807, 2.05) is 6.07 Å². The zero-order chi connectivity index (χ0) is 12.4. The van der Waals surface area contributed by atoms with Gasteiger partial charge in [-0.15, -0.1) is 6.58 Å². The maximum absolute atomic E-state index is 11.0. The summed E-state index contributed by atoms with van der Waals surface area (Å²) in [6.07, 6.45) is 4.18. The number of nitrogen functional groups attached to an aromatic ring is 1. The summed E-state index contributed by atoms with van der Waals surface area (Å²) >= 11 is 0. The fourth-order valence-corrected chi connectivity index (χ4v) is 1.73. The molecule has 0 radical (unpaired) electrons. The highest BCUT2D eigenvalue weighted by molar-refractivity contribution is 6.03. The molecule has 0 saturated heterocycles. The van der Waals surface area contributed by atoms with Crippen molar-refractivity contribution in [2.75, 3.05) is 5.73 Å². The number of hydrogen-bond acceptors (Lipinski definition) is 3. The number of fused-ring (bicyclic) bond motifs is 1. The largest absolute Gasteiger partial charge is 0.478 e. The topological polar surface area (TPSA) is 76.2 Å². The van der Waals surface area contributed by atoms with Crippen LogP contribution in [0.25, 0.3) is 10.9 Å². The molecule has 0 atom stereocenters. The fourth-order valence-electron chi connectivity index (χ4n) is 1.73. The minimum Gasteiger partial charge on any atom is -0.478 e. The van der Waals surface area contributed by atoms with Gasteiger partial charge in [-0.25, -0.2) is 4.79 Å². The van der Waals surface area contributed by atoms with Crippen LogP contribution < -0.4 is 5.73 Å². The number of carboxylic acids is 1. The Morgan fingerprint density at radius 1 is 1.53 bits per heavy atom. The maximum Gasteiger partial charge on any atom is 0.337 e. The standard InChI is InChI=1S/C13H12N2O2/c1-2-3-8-6-10-11(15-7-8)5-4-9(12(10)14)13(16)17/h2,4-7H,1,3,14H2,(H,16,17). The van der Waals surface area contributed by atoms with Gasteiger partial charge in [-0.3, -0.25) is 4.98 Å². The van der Waals surface area contributed by atoms with Gasteiger partial charge in [0.2, 0.25) is 0 Å². The van der Waals surface area contributed by atoms with Gasteiger partial charge in [0.1, 0.15) is 0 Å². The predicted octanol–water partition coefficient (Wildman–Crippen LogP) is 2.24. The predicted molar refractivity (Wildman–Crippen MR) is 67.0 cm³/mol. The van der Waals surface area contributed by atoms with Gasteiger partial charge in [-0.05, 0) is 30.2 Å². The Labute approximate surface area is 98.4 Å². The summed E-state index contributed by atoms with van der Waals surface area (Å²) < 4.78 is 0. The van der Waals surface area contributed by atoms with Crippen LogP contribution in [0.5, 0.6) is 0 Å². The van der Waals surface area contributed by atoms with Crippen LogP contribution in [0.4, 0.5) is 5.69 Å². The summed E-state index contributed by atoms with van der Waals surface area (Å²) in [4.78, 5) is 15.2. The van der Waals surface area contributed by atoms with Crippen LogP contribution in [0.2, 0.25) is 0 Å². The molecule has 3 N–H and O–H groups in total. The van der Waals surface area contributed by atoms with E-state index in [1.165, 1.54) is 6.07 Å². The van der Waals surface area contributed by atoms with E-state index in [0.717, 1.165) is 5.56 Å². The van der Waals surface area contributed by atoms with Crippen LogP contribution in [0, 0.1) is 0 Å². The highest BCUT2D eigenvalue weighted by Gasteiger charge is 2.11. The highest BCUT2D eigenvalue weighted by Crippen LogP contribution is 2.24. The summed E-state index contributed by atoms with van der Waals surface area (Å²) in [7, 11) is 0. The number of hydrogen-bond donors (Lipinski definition) is 2. The second-order valence-corrected chi connectivity index (χ2v) is 3.74. The molecule has 0 spiro atoms. The number of anilines is 1. The molecule has 1 heterocycles. The van der Waals surface area contributed by atoms with Crippen molar-refractivity contribution in [1.82, 2.24) is 4.98 Å². The van der Waals surface area contributed by atoms with Crippen LogP contribution >= 0.6 is 0 Å². The van der Waals surface area contributed by atoms with Crippen molar-refractivity contribution in [2.45, 2.75) is 6.42 Å². The molecule has 1 aromatic carbocycles. The summed E-state index contributed by atoms with van der Waals surface area (Å²) in [5.41, 5.74) is 7.86. The van der Waals surface area contributed by atoms with Crippen LogP contribution in [-0.4, -0.2) is 16.1 Å². The number of pyridine rings is 1. The van der Waals surface area contributed by atoms with Crippen molar-refractivity contribution in [3.63, 3.8) is 0 Å². The van der Waals surface area contributed by atoms with Gasteiger partial charge in [0.05, 0.1) is 16.8 Å². The van der Waals surface area contributed by atoms with Gasteiger partial charge in [0.15, 0.2) is 0 Å². The van der Waals surface area contributed by atoms with Gasteiger partial charge in [0, 0.05) is 11.6 Å². The van der Waals surface area contributed by atoms with Crippen molar-refractivity contribution >= 4 is 22.6 Å². The van der Waals surface area contributed by atoms with Gasteiger partial charge in [0.25, 0.3) is 0 Å². The molecule has 4 nitrogen and oxygen atoms in total. The van der Waals surface area contributed by atoms with E-state index in [-0.39, 0.29) is 11.3 Å². The van der Waals surface area contributed by atoms with Crippen molar-refractivity contribution in [3.05, 3.63) is 48.2 Å². The van der Waals surface area contributed by atoms with Crippen LogP contribution in [0.15, 0.2) is 37.1 Å². The van der Waals surface area contributed by atoms with Gasteiger partial charge in [-0.1, -0.05) is 6.08 Å². The van der Waals surface area contributed by atoms with E-state index >= 15 is 0 Å². The first kappa shape index (κ1) is 11.1. The molecule has 86 valence electrons. The normalized spacial score (nSPS) is 10.4. The van der Waals surface area contributed by atoms with Crippen LogP contribution in [0.3, 0.4) is 0 Å². The van der Waals surface area contributed by atoms with E-state index < -0.39 is 5.97 Å². The molecule has 0 aliphatic carbocycles. The molecular formula is C13H12N2O2. The summed E-state index contributed by atoms with van der Waals surface area (Å²) in [6.45, 7) is 3.65. The summed E-state index contributed by atoms with van der Waals surface area (Å²) in [5, 5.41) is 9.65. The molecule has 4 heteroatoms. The molecule has 0 unspecified atom stereocenters. The number of rotatable bonds is 3. The molecule has 0 aliphatic heterocycles. The van der Waals surface area contributed by atoms with Gasteiger partial charge >= 0.3 is 5.97 Å². The second-order valence-electron chi connectivity index (χ2n) is 3.74. The first-order valence-corrected chi connectivity index (χ1v) is 5.14. The van der Waals surface area contributed by atoms with E-state index in [1.54, 1.807) is 18.3 Å². The monoisotopic (exact) mass is 228 g/mol. The van der Waals surface area contributed by atoms with Crippen molar-refractivity contribution in [1.29, 1.82) is 0 Å². The zero-order valence-electron chi connectivity index (χ0n) is 9.18. The third kappa shape index (κ3) is 1.97. The molecule has 0 saturated carbocycles. The van der Waals surface area contributed by atoms with E-state index in [0.29, 0.717) is 17.3 Å². The zero-order valence-corrected chi connectivity index (χ0v) is 9.18. The maximum atomic E-state index is 11.0. The van der Waals surface area contributed by atoms with Crippen molar-refractivity contribution < 1.29 is 9.90 Å². The molecule has 0 aliphatic rings. The van der Waals surface area contributed by atoms with Crippen molar-refractivity contribution in [3.8, 4) is 0 Å².